The number of epoxide rings is 1. The fourth-order valence-corrected chi connectivity index (χ4v) is 3.61. The van der Waals surface area contributed by atoms with Gasteiger partial charge in [0.25, 0.3) is 11.8 Å². The molecule has 0 bridgehead atoms. The summed E-state index contributed by atoms with van der Waals surface area (Å²) in [4.78, 5) is 28.8. The first kappa shape index (κ1) is 14.6. The lowest BCUT2D eigenvalue weighted by Gasteiger charge is -2.35. The molecule has 0 aliphatic carbocycles. The lowest BCUT2D eigenvalue weighted by atomic mass is 10.0. The number of fused-ring (bicyclic) bond motifs is 1. The molecule has 7 nitrogen and oxygen atoms in total. The molecule has 2 N–H and O–H groups in total. The molecule has 0 saturated carbocycles. The largest absolute Gasteiger partial charge is 0.398 e. The van der Waals surface area contributed by atoms with Gasteiger partial charge in [0, 0.05) is 25.9 Å². The van der Waals surface area contributed by atoms with E-state index >= 15 is 0 Å². The Balaban J connectivity index is 1.56. The number of imide groups is 1. The molecule has 23 heavy (non-hydrogen) atoms. The van der Waals surface area contributed by atoms with Crippen LogP contribution >= 0.6 is 0 Å². The van der Waals surface area contributed by atoms with Gasteiger partial charge in [-0.2, -0.15) is 0 Å². The van der Waals surface area contributed by atoms with Crippen molar-refractivity contribution >= 4 is 17.5 Å². The third-order valence-corrected chi connectivity index (χ3v) is 4.79. The van der Waals surface area contributed by atoms with E-state index in [9.17, 15) is 9.59 Å². The van der Waals surface area contributed by atoms with Gasteiger partial charge >= 0.3 is 0 Å². The summed E-state index contributed by atoms with van der Waals surface area (Å²) in [7, 11) is 1.61. The van der Waals surface area contributed by atoms with Crippen LogP contribution in [0.3, 0.4) is 0 Å². The predicted octanol–water partition coefficient (Wildman–Crippen LogP) is 0.658. The SMILES string of the molecule is COC1OC1N1CCC[C@H](N2C(=O)c3cccc(N)c3C2=O)C1. The molecule has 0 spiro atoms. The highest BCUT2D eigenvalue weighted by atomic mass is 16.8. The third kappa shape index (κ3) is 2.23. The van der Waals surface area contributed by atoms with Crippen molar-refractivity contribution in [3.05, 3.63) is 29.3 Å². The maximum Gasteiger partial charge on any atom is 0.263 e. The zero-order valence-corrected chi connectivity index (χ0v) is 12.9. The number of carbonyl (C=O) groups is 2. The van der Waals surface area contributed by atoms with Gasteiger partial charge in [-0.3, -0.25) is 19.4 Å². The van der Waals surface area contributed by atoms with Crippen molar-refractivity contribution in [3.8, 4) is 0 Å². The molecule has 1 aromatic carbocycles. The Morgan fingerprint density at radius 3 is 2.83 bits per heavy atom. The lowest BCUT2D eigenvalue weighted by molar-refractivity contribution is 0.0423. The number of rotatable bonds is 3. The van der Waals surface area contributed by atoms with Crippen LogP contribution in [0.1, 0.15) is 33.6 Å². The minimum Gasteiger partial charge on any atom is -0.398 e. The number of amides is 2. The van der Waals surface area contributed by atoms with Crippen LogP contribution in [0.2, 0.25) is 0 Å². The van der Waals surface area contributed by atoms with Crippen LogP contribution in [0.25, 0.3) is 0 Å². The average molecular weight is 317 g/mol. The number of benzene rings is 1. The molecule has 4 rings (SSSR count). The van der Waals surface area contributed by atoms with Gasteiger partial charge in [-0.1, -0.05) is 6.07 Å². The first-order chi connectivity index (χ1) is 11.1. The summed E-state index contributed by atoms with van der Waals surface area (Å²) in [6.45, 7) is 1.49. The molecule has 3 aliphatic heterocycles. The van der Waals surface area contributed by atoms with Gasteiger partial charge < -0.3 is 15.2 Å². The van der Waals surface area contributed by atoms with E-state index in [1.807, 2.05) is 0 Å². The Morgan fingerprint density at radius 1 is 1.30 bits per heavy atom. The molecule has 122 valence electrons. The van der Waals surface area contributed by atoms with Crippen LogP contribution in [0.15, 0.2) is 18.2 Å². The maximum atomic E-state index is 12.7. The Morgan fingerprint density at radius 2 is 2.13 bits per heavy atom. The van der Waals surface area contributed by atoms with E-state index in [4.69, 9.17) is 15.2 Å². The number of nitrogens with two attached hydrogens (primary N) is 1. The second-order valence-electron chi connectivity index (χ2n) is 6.17. The first-order valence-corrected chi connectivity index (χ1v) is 7.80. The summed E-state index contributed by atoms with van der Waals surface area (Å²) >= 11 is 0. The highest BCUT2D eigenvalue weighted by Crippen LogP contribution is 2.34. The molecule has 2 unspecified atom stereocenters. The summed E-state index contributed by atoms with van der Waals surface area (Å²) in [6, 6.07) is 4.87. The minimum absolute atomic E-state index is 0.0666. The van der Waals surface area contributed by atoms with E-state index in [1.54, 1.807) is 25.3 Å². The normalized spacial score (nSPS) is 30.7. The number of piperidine rings is 1. The Bertz CT molecular complexity index is 677. The first-order valence-electron chi connectivity index (χ1n) is 7.80. The van der Waals surface area contributed by atoms with E-state index in [0.717, 1.165) is 19.4 Å². The standard InChI is InChI=1S/C16H19N3O4/c1-22-16-15(23-16)18-7-3-4-9(8-18)19-13(20)10-5-2-6-11(17)12(10)14(19)21/h2,5-6,9,15-16H,3-4,7-8,17H2,1H3/t9-,15?,16?/m0/s1. The number of carbonyl (C=O) groups excluding carboxylic acids is 2. The number of ether oxygens (including phenoxy) is 2. The summed E-state index contributed by atoms with van der Waals surface area (Å²) < 4.78 is 10.6. The average Bonchev–Trinajstić information content (AvgIpc) is 3.29. The molecule has 2 amide bonds. The number of methoxy groups -OCH3 is 1. The maximum absolute atomic E-state index is 12.7. The van der Waals surface area contributed by atoms with Crippen molar-refractivity contribution in [1.29, 1.82) is 0 Å². The van der Waals surface area contributed by atoms with Gasteiger partial charge in [0.05, 0.1) is 17.2 Å². The van der Waals surface area contributed by atoms with Gasteiger partial charge in [0.1, 0.15) is 0 Å². The molecule has 1 aromatic rings. The quantitative estimate of drug-likeness (QED) is 0.500. The fraction of sp³-hybridized carbons (Fsp3) is 0.500. The lowest BCUT2D eigenvalue weighted by Crippen LogP contribution is -2.51. The highest BCUT2D eigenvalue weighted by molar-refractivity contribution is 6.23. The van der Waals surface area contributed by atoms with Crippen molar-refractivity contribution in [2.75, 3.05) is 25.9 Å². The minimum atomic E-state index is -0.282. The summed E-state index contributed by atoms with van der Waals surface area (Å²) in [5, 5.41) is 0. The van der Waals surface area contributed by atoms with Crippen LogP contribution in [0.4, 0.5) is 5.69 Å². The van der Waals surface area contributed by atoms with Crippen LogP contribution in [-0.2, 0) is 9.47 Å². The number of likely N-dealkylation sites (tertiary alicyclic amines) is 1. The number of hydrogen-bond donors (Lipinski definition) is 1. The van der Waals surface area contributed by atoms with Crippen molar-refractivity contribution in [3.63, 3.8) is 0 Å². The predicted molar refractivity (Wildman–Crippen MR) is 81.6 cm³/mol. The van der Waals surface area contributed by atoms with Crippen LogP contribution in [0.5, 0.6) is 0 Å². The molecule has 2 fully saturated rings. The molecule has 0 aromatic heterocycles. The van der Waals surface area contributed by atoms with Crippen LogP contribution < -0.4 is 5.73 Å². The van der Waals surface area contributed by atoms with E-state index < -0.39 is 0 Å². The van der Waals surface area contributed by atoms with Crippen LogP contribution in [-0.4, -0.2) is 60.4 Å². The molecule has 0 radical (unpaired) electrons. The summed E-state index contributed by atoms with van der Waals surface area (Å²) in [5.74, 6) is -0.529. The topological polar surface area (TPSA) is 88.4 Å². The smallest absolute Gasteiger partial charge is 0.263 e. The zero-order chi connectivity index (χ0) is 16.1. The fourth-order valence-electron chi connectivity index (χ4n) is 3.61. The molecule has 2 saturated heterocycles. The van der Waals surface area contributed by atoms with Gasteiger partial charge in [-0.05, 0) is 25.0 Å². The van der Waals surface area contributed by atoms with E-state index in [1.165, 1.54) is 4.90 Å². The molecular formula is C16H19N3O4. The Hall–Kier alpha value is -1.96. The number of nitrogen functional groups attached to an aromatic ring is 1. The number of nitrogens with zero attached hydrogens (tertiary/aromatic N) is 2. The molecule has 3 atom stereocenters. The molecule has 3 heterocycles. The Kier molecular flexibility index (Phi) is 3.37. The van der Waals surface area contributed by atoms with Crippen molar-refractivity contribution in [2.24, 2.45) is 0 Å². The van der Waals surface area contributed by atoms with E-state index in [-0.39, 0.29) is 30.4 Å². The van der Waals surface area contributed by atoms with Gasteiger partial charge in [0.2, 0.25) is 0 Å². The summed E-state index contributed by atoms with van der Waals surface area (Å²) in [6.07, 6.45) is 1.44. The van der Waals surface area contributed by atoms with Gasteiger partial charge in [0.15, 0.2) is 12.5 Å². The molecule has 7 heteroatoms. The summed E-state index contributed by atoms with van der Waals surface area (Å²) in [5.41, 5.74) is 7.00. The monoisotopic (exact) mass is 317 g/mol. The zero-order valence-electron chi connectivity index (χ0n) is 12.9. The van der Waals surface area contributed by atoms with E-state index in [2.05, 4.69) is 4.90 Å². The van der Waals surface area contributed by atoms with Gasteiger partial charge in [-0.25, -0.2) is 0 Å². The Labute approximate surface area is 133 Å². The third-order valence-electron chi connectivity index (χ3n) is 4.79. The highest BCUT2D eigenvalue weighted by Gasteiger charge is 2.48. The molecule has 3 aliphatic rings. The van der Waals surface area contributed by atoms with Crippen molar-refractivity contribution < 1.29 is 19.1 Å². The number of hydrogen-bond acceptors (Lipinski definition) is 6. The van der Waals surface area contributed by atoms with Crippen molar-refractivity contribution in [2.45, 2.75) is 31.4 Å². The van der Waals surface area contributed by atoms with Gasteiger partial charge in [-0.15, -0.1) is 0 Å². The second kappa shape index (κ2) is 5.30. The van der Waals surface area contributed by atoms with E-state index in [0.29, 0.717) is 23.4 Å². The van der Waals surface area contributed by atoms with Crippen molar-refractivity contribution in [1.82, 2.24) is 9.80 Å². The number of anilines is 1. The second-order valence-corrected chi connectivity index (χ2v) is 6.17. The van der Waals surface area contributed by atoms with Crippen LogP contribution in [0, 0.1) is 0 Å². The molecular weight excluding hydrogens is 298 g/mol.